The van der Waals surface area contributed by atoms with Gasteiger partial charge in [-0.25, -0.2) is 4.98 Å². The van der Waals surface area contributed by atoms with Crippen LogP contribution in [0.4, 0.5) is 0 Å². The normalized spacial score (nSPS) is 19.3. The van der Waals surface area contributed by atoms with Crippen molar-refractivity contribution in [1.29, 1.82) is 0 Å². The number of rotatable bonds is 6. The summed E-state index contributed by atoms with van der Waals surface area (Å²) >= 11 is 0. The minimum Gasteiger partial charge on any atom is -0.481 e. The molecular formula is C15H20N2O4. The Balaban J connectivity index is 1.78. The number of carboxylic acids is 1. The summed E-state index contributed by atoms with van der Waals surface area (Å²) in [6.45, 7) is 3.61. The van der Waals surface area contributed by atoms with Gasteiger partial charge in [-0.05, 0) is 32.6 Å². The van der Waals surface area contributed by atoms with Crippen molar-refractivity contribution in [3.05, 3.63) is 17.3 Å². The molecule has 0 aromatic carbocycles. The van der Waals surface area contributed by atoms with Gasteiger partial charge in [0.25, 0.3) is 5.91 Å². The van der Waals surface area contributed by atoms with Crippen molar-refractivity contribution in [1.82, 2.24) is 9.88 Å². The van der Waals surface area contributed by atoms with Crippen LogP contribution in [0, 0.1) is 12.8 Å². The molecule has 1 N–H and O–H groups in total. The van der Waals surface area contributed by atoms with E-state index in [1.54, 1.807) is 18.7 Å². The monoisotopic (exact) mass is 292 g/mol. The molecule has 1 aromatic rings. The van der Waals surface area contributed by atoms with Crippen LogP contribution in [-0.4, -0.2) is 39.5 Å². The van der Waals surface area contributed by atoms with E-state index in [9.17, 15) is 9.59 Å². The Morgan fingerprint density at radius 3 is 2.57 bits per heavy atom. The van der Waals surface area contributed by atoms with Crippen molar-refractivity contribution >= 4 is 11.9 Å². The van der Waals surface area contributed by atoms with Gasteiger partial charge in [-0.2, -0.15) is 0 Å². The fourth-order valence-corrected chi connectivity index (χ4v) is 2.41. The zero-order valence-corrected chi connectivity index (χ0v) is 12.3. The first-order valence-corrected chi connectivity index (χ1v) is 7.48. The third kappa shape index (κ3) is 2.94. The molecule has 0 spiro atoms. The second-order valence-corrected chi connectivity index (χ2v) is 6.17. The highest BCUT2D eigenvalue weighted by Crippen LogP contribution is 2.40. The zero-order valence-electron chi connectivity index (χ0n) is 12.3. The number of carbonyl (C=O) groups excluding carboxylic acids is 1. The SMILES string of the molecule is Cc1nc(C2CC2)oc1C(=O)N(CC(C)C(=O)O)C1CC1. The molecule has 1 atom stereocenters. The van der Waals surface area contributed by atoms with Gasteiger partial charge in [0.1, 0.15) is 0 Å². The standard InChI is InChI=1S/C15H20N2O4/c1-8(15(19)20)7-17(11-5-6-11)14(18)12-9(2)16-13(21-12)10-3-4-10/h8,10-11H,3-7H2,1-2H3,(H,19,20). The van der Waals surface area contributed by atoms with E-state index in [2.05, 4.69) is 4.98 Å². The smallest absolute Gasteiger partial charge is 0.308 e. The molecule has 0 radical (unpaired) electrons. The van der Waals surface area contributed by atoms with Crippen molar-refractivity contribution in [2.45, 2.75) is 51.5 Å². The number of hydrogen-bond donors (Lipinski definition) is 1. The van der Waals surface area contributed by atoms with Crippen molar-refractivity contribution in [3.63, 3.8) is 0 Å². The lowest BCUT2D eigenvalue weighted by Gasteiger charge is -2.23. The van der Waals surface area contributed by atoms with Gasteiger partial charge in [-0.1, -0.05) is 6.92 Å². The van der Waals surface area contributed by atoms with Crippen LogP contribution in [0.1, 0.15) is 60.7 Å². The van der Waals surface area contributed by atoms with Crippen LogP contribution in [-0.2, 0) is 4.79 Å². The lowest BCUT2D eigenvalue weighted by atomic mass is 10.1. The lowest BCUT2D eigenvalue weighted by Crippen LogP contribution is -2.38. The van der Waals surface area contributed by atoms with Gasteiger partial charge in [0.2, 0.25) is 5.76 Å². The van der Waals surface area contributed by atoms with Gasteiger partial charge in [0, 0.05) is 18.5 Å². The van der Waals surface area contributed by atoms with Crippen LogP contribution in [0.25, 0.3) is 0 Å². The van der Waals surface area contributed by atoms with E-state index in [0.717, 1.165) is 25.7 Å². The molecule has 2 saturated carbocycles. The van der Waals surface area contributed by atoms with Crippen molar-refractivity contribution in [2.24, 2.45) is 5.92 Å². The number of amides is 1. The van der Waals surface area contributed by atoms with Crippen LogP contribution in [0.5, 0.6) is 0 Å². The van der Waals surface area contributed by atoms with Crippen LogP contribution >= 0.6 is 0 Å². The Morgan fingerprint density at radius 1 is 1.38 bits per heavy atom. The summed E-state index contributed by atoms with van der Waals surface area (Å²) in [5.41, 5.74) is 0.607. The predicted octanol–water partition coefficient (Wildman–Crippen LogP) is 2.19. The van der Waals surface area contributed by atoms with E-state index < -0.39 is 11.9 Å². The molecule has 6 heteroatoms. The van der Waals surface area contributed by atoms with Gasteiger partial charge in [0.05, 0.1) is 11.6 Å². The van der Waals surface area contributed by atoms with Crippen molar-refractivity contribution < 1.29 is 19.1 Å². The maximum Gasteiger partial charge on any atom is 0.308 e. The molecule has 2 aliphatic carbocycles. The van der Waals surface area contributed by atoms with E-state index in [4.69, 9.17) is 9.52 Å². The highest BCUT2D eigenvalue weighted by Gasteiger charge is 2.38. The summed E-state index contributed by atoms with van der Waals surface area (Å²) in [5, 5.41) is 9.05. The topological polar surface area (TPSA) is 83.6 Å². The first-order chi connectivity index (χ1) is 9.97. The molecule has 1 unspecified atom stereocenters. The van der Waals surface area contributed by atoms with Gasteiger partial charge >= 0.3 is 5.97 Å². The van der Waals surface area contributed by atoms with E-state index >= 15 is 0 Å². The van der Waals surface area contributed by atoms with Gasteiger partial charge in [0.15, 0.2) is 5.89 Å². The molecule has 2 aliphatic rings. The fourth-order valence-electron chi connectivity index (χ4n) is 2.41. The Hall–Kier alpha value is -1.85. The number of aromatic nitrogens is 1. The minimum atomic E-state index is -0.888. The van der Waals surface area contributed by atoms with E-state index in [0.29, 0.717) is 17.5 Å². The van der Waals surface area contributed by atoms with Gasteiger partial charge < -0.3 is 14.4 Å². The fraction of sp³-hybridized carbons (Fsp3) is 0.667. The van der Waals surface area contributed by atoms with Crippen LogP contribution in [0.2, 0.25) is 0 Å². The van der Waals surface area contributed by atoms with Crippen molar-refractivity contribution in [3.8, 4) is 0 Å². The number of oxazole rings is 1. The number of aryl methyl sites for hydroxylation is 1. The molecular weight excluding hydrogens is 272 g/mol. The maximum atomic E-state index is 12.7. The summed E-state index contributed by atoms with van der Waals surface area (Å²) in [5.74, 6) is -0.401. The number of nitrogens with zero attached hydrogens (tertiary/aromatic N) is 2. The van der Waals surface area contributed by atoms with E-state index in [-0.39, 0.29) is 24.3 Å². The molecule has 0 aliphatic heterocycles. The molecule has 3 rings (SSSR count). The Bertz CT molecular complexity index is 572. The molecule has 0 bridgehead atoms. The predicted molar refractivity (Wildman–Crippen MR) is 74.1 cm³/mol. The van der Waals surface area contributed by atoms with E-state index in [1.165, 1.54) is 0 Å². The molecule has 1 amide bonds. The summed E-state index contributed by atoms with van der Waals surface area (Å²) in [6, 6.07) is 0.146. The summed E-state index contributed by atoms with van der Waals surface area (Å²) in [4.78, 5) is 29.7. The zero-order chi connectivity index (χ0) is 15.1. The highest BCUT2D eigenvalue weighted by molar-refractivity contribution is 5.93. The summed E-state index contributed by atoms with van der Waals surface area (Å²) < 4.78 is 5.65. The van der Waals surface area contributed by atoms with Gasteiger partial charge in [-0.3, -0.25) is 9.59 Å². The Kier molecular flexibility index (Phi) is 3.47. The second kappa shape index (κ2) is 5.16. The Morgan fingerprint density at radius 2 is 2.05 bits per heavy atom. The molecule has 2 fully saturated rings. The number of aliphatic carboxylic acids is 1. The number of carboxylic acid groups (broad SMARTS) is 1. The van der Waals surface area contributed by atoms with Crippen LogP contribution in [0.3, 0.4) is 0 Å². The van der Waals surface area contributed by atoms with Gasteiger partial charge in [-0.15, -0.1) is 0 Å². The largest absolute Gasteiger partial charge is 0.481 e. The molecule has 6 nitrogen and oxygen atoms in total. The lowest BCUT2D eigenvalue weighted by molar-refractivity contribution is -0.141. The molecule has 1 aromatic heterocycles. The first kappa shape index (κ1) is 14.1. The highest BCUT2D eigenvalue weighted by atomic mass is 16.4. The molecule has 114 valence electrons. The summed E-state index contributed by atoms with van der Waals surface area (Å²) in [6.07, 6.45) is 3.99. The quantitative estimate of drug-likeness (QED) is 0.868. The van der Waals surface area contributed by atoms with Crippen LogP contribution < -0.4 is 0 Å². The molecule has 1 heterocycles. The first-order valence-electron chi connectivity index (χ1n) is 7.48. The Labute approximate surface area is 123 Å². The molecule has 0 saturated heterocycles. The minimum absolute atomic E-state index is 0.146. The molecule has 21 heavy (non-hydrogen) atoms. The second-order valence-electron chi connectivity index (χ2n) is 6.17. The van der Waals surface area contributed by atoms with Crippen molar-refractivity contribution in [2.75, 3.05) is 6.54 Å². The third-order valence-electron chi connectivity index (χ3n) is 4.07. The van der Waals surface area contributed by atoms with Crippen LogP contribution in [0.15, 0.2) is 4.42 Å². The third-order valence-corrected chi connectivity index (χ3v) is 4.07. The van der Waals surface area contributed by atoms with E-state index in [1.807, 2.05) is 0 Å². The maximum absolute atomic E-state index is 12.7. The average Bonchev–Trinajstić information content (AvgIpc) is 3.33. The average molecular weight is 292 g/mol. The number of hydrogen-bond acceptors (Lipinski definition) is 4. The summed E-state index contributed by atoms with van der Waals surface area (Å²) in [7, 11) is 0. The number of carbonyl (C=O) groups is 2.